The molecular weight excluding hydrogens is 218 g/mol. The molecule has 0 radical (unpaired) electrons. The maximum Gasteiger partial charge on any atom is 0.133 e. The fourth-order valence-electron chi connectivity index (χ4n) is 2.07. The van der Waals surface area contributed by atoms with Gasteiger partial charge in [-0.15, -0.1) is 0 Å². The first-order valence-corrected chi connectivity index (χ1v) is 6.64. The SMILES string of the molecule is CC1(C)CN(c2ncccc2CN)CCS1. The number of nitrogens with two attached hydrogens (primary N) is 1. The van der Waals surface area contributed by atoms with Crippen LogP contribution < -0.4 is 10.6 Å². The van der Waals surface area contributed by atoms with E-state index in [2.05, 4.69) is 29.8 Å². The first-order chi connectivity index (χ1) is 7.62. The predicted molar refractivity (Wildman–Crippen MR) is 70.9 cm³/mol. The summed E-state index contributed by atoms with van der Waals surface area (Å²) in [6.07, 6.45) is 1.85. The fourth-order valence-corrected chi connectivity index (χ4v) is 3.18. The third-order valence-corrected chi connectivity index (χ3v) is 4.11. The number of aromatic nitrogens is 1. The summed E-state index contributed by atoms with van der Waals surface area (Å²) in [6, 6.07) is 4.02. The third kappa shape index (κ3) is 2.50. The van der Waals surface area contributed by atoms with Gasteiger partial charge in [-0.1, -0.05) is 6.07 Å². The van der Waals surface area contributed by atoms with Gasteiger partial charge in [0.25, 0.3) is 0 Å². The summed E-state index contributed by atoms with van der Waals surface area (Å²) in [5.41, 5.74) is 6.90. The van der Waals surface area contributed by atoms with E-state index in [1.807, 2.05) is 24.0 Å². The standard InChI is InChI=1S/C12H19N3S/c1-12(2)9-15(6-7-16-12)11-10(8-13)4-3-5-14-11/h3-5H,6-9,13H2,1-2H3. The highest BCUT2D eigenvalue weighted by molar-refractivity contribution is 8.00. The van der Waals surface area contributed by atoms with Crippen molar-refractivity contribution in [2.45, 2.75) is 25.1 Å². The topological polar surface area (TPSA) is 42.2 Å². The second-order valence-corrected chi connectivity index (χ2v) is 6.52. The number of pyridine rings is 1. The molecule has 0 saturated carbocycles. The van der Waals surface area contributed by atoms with Crippen molar-refractivity contribution in [3.63, 3.8) is 0 Å². The summed E-state index contributed by atoms with van der Waals surface area (Å²) >= 11 is 2.03. The number of hydrogen-bond donors (Lipinski definition) is 1. The lowest BCUT2D eigenvalue weighted by Crippen LogP contribution is -2.44. The molecular formula is C12H19N3S. The Bertz CT molecular complexity index is 365. The van der Waals surface area contributed by atoms with Crippen LogP contribution in [0.3, 0.4) is 0 Å². The summed E-state index contributed by atoms with van der Waals surface area (Å²) in [6.45, 7) is 7.25. The van der Waals surface area contributed by atoms with Gasteiger partial charge >= 0.3 is 0 Å². The lowest BCUT2D eigenvalue weighted by atomic mass is 10.1. The maximum absolute atomic E-state index is 5.75. The second-order valence-electron chi connectivity index (χ2n) is 4.72. The number of anilines is 1. The number of hydrogen-bond acceptors (Lipinski definition) is 4. The van der Waals surface area contributed by atoms with E-state index in [4.69, 9.17) is 5.73 Å². The first-order valence-electron chi connectivity index (χ1n) is 5.65. The van der Waals surface area contributed by atoms with E-state index in [1.54, 1.807) is 0 Å². The summed E-state index contributed by atoms with van der Waals surface area (Å²) in [4.78, 5) is 6.84. The van der Waals surface area contributed by atoms with Crippen LogP contribution in [0.5, 0.6) is 0 Å². The van der Waals surface area contributed by atoms with E-state index in [9.17, 15) is 0 Å². The van der Waals surface area contributed by atoms with Crippen LogP contribution in [0.1, 0.15) is 19.4 Å². The molecule has 1 aliphatic rings. The summed E-state index contributed by atoms with van der Waals surface area (Å²) in [5.74, 6) is 2.23. The largest absolute Gasteiger partial charge is 0.354 e. The minimum Gasteiger partial charge on any atom is -0.354 e. The molecule has 1 saturated heterocycles. The molecule has 3 nitrogen and oxygen atoms in total. The van der Waals surface area contributed by atoms with Crippen molar-refractivity contribution >= 4 is 17.6 Å². The van der Waals surface area contributed by atoms with Gasteiger partial charge in [-0.3, -0.25) is 0 Å². The highest BCUT2D eigenvalue weighted by Crippen LogP contribution is 2.32. The van der Waals surface area contributed by atoms with Crippen LogP contribution in [0.15, 0.2) is 18.3 Å². The van der Waals surface area contributed by atoms with E-state index in [0.29, 0.717) is 11.3 Å². The highest BCUT2D eigenvalue weighted by atomic mass is 32.2. The van der Waals surface area contributed by atoms with Gasteiger partial charge in [0.05, 0.1) is 0 Å². The van der Waals surface area contributed by atoms with E-state index < -0.39 is 0 Å². The zero-order valence-electron chi connectivity index (χ0n) is 9.94. The molecule has 4 heteroatoms. The minimum atomic E-state index is 0.307. The Balaban J connectivity index is 2.23. The maximum atomic E-state index is 5.75. The van der Waals surface area contributed by atoms with Gasteiger partial charge in [0, 0.05) is 41.9 Å². The molecule has 1 aliphatic heterocycles. The van der Waals surface area contributed by atoms with Gasteiger partial charge in [0.2, 0.25) is 0 Å². The molecule has 0 aromatic carbocycles. The van der Waals surface area contributed by atoms with Crippen LogP contribution in [0.4, 0.5) is 5.82 Å². The Morgan fingerprint density at radius 3 is 3.06 bits per heavy atom. The van der Waals surface area contributed by atoms with Crippen molar-refractivity contribution in [3.8, 4) is 0 Å². The van der Waals surface area contributed by atoms with Crippen molar-refractivity contribution in [1.82, 2.24) is 4.98 Å². The lowest BCUT2D eigenvalue weighted by molar-refractivity contribution is 0.640. The Morgan fingerprint density at radius 2 is 2.38 bits per heavy atom. The molecule has 2 rings (SSSR count). The molecule has 16 heavy (non-hydrogen) atoms. The Hall–Kier alpha value is -0.740. The van der Waals surface area contributed by atoms with Crippen LogP contribution in [-0.2, 0) is 6.54 Å². The molecule has 0 amide bonds. The van der Waals surface area contributed by atoms with Crippen molar-refractivity contribution in [3.05, 3.63) is 23.9 Å². The van der Waals surface area contributed by atoms with Gasteiger partial charge in [-0.25, -0.2) is 4.98 Å². The molecule has 1 aromatic rings. The van der Waals surface area contributed by atoms with Gasteiger partial charge in [-0.05, 0) is 19.9 Å². The van der Waals surface area contributed by atoms with Crippen molar-refractivity contribution < 1.29 is 0 Å². The van der Waals surface area contributed by atoms with E-state index in [1.165, 1.54) is 0 Å². The normalized spacial score (nSPS) is 19.8. The van der Waals surface area contributed by atoms with Crippen molar-refractivity contribution in [2.75, 3.05) is 23.7 Å². The number of nitrogens with zero attached hydrogens (tertiary/aromatic N) is 2. The Labute approximate surface area is 101 Å². The zero-order valence-corrected chi connectivity index (χ0v) is 10.8. The molecule has 0 spiro atoms. The molecule has 0 unspecified atom stereocenters. The third-order valence-electron chi connectivity index (χ3n) is 2.81. The quantitative estimate of drug-likeness (QED) is 0.852. The van der Waals surface area contributed by atoms with Crippen LogP contribution in [-0.4, -0.2) is 28.6 Å². The molecule has 1 fully saturated rings. The van der Waals surface area contributed by atoms with E-state index in [0.717, 1.165) is 30.2 Å². The van der Waals surface area contributed by atoms with Crippen LogP contribution in [0.2, 0.25) is 0 Å². The Kier molecular flexibility index (Phi) is 3.40. The number of rotatable bonds is 2. The molecule has 0 atom stereocenters. The van der Waals surface area contributed by atoms with Crippen molar-refractivity contribution in [2.24, 2.45) is 5.73 Å². The van der Waals surface area contributed by atoms with Crippen molar-refractivity contribution in [1.29, 1.82) is 0 Å². The minimum absolute atomic E-state index is 0.307. The van der Waals surface area contributed by atoms with E-state index in [-0.39, 0.29) is 0 Å². The van der Waals surface area contributed by atoms with Gasteiger partial charge in [-0.2, -0.15) is 11.8 Å². The molecule has 88 valence electrons. The van der Waals surface area contributed by atoms with Crippen LogP contribution in [0.25, 0.3) is 0 Å². The molecule has 0 bridgehead atoms. The van der Waals surface area contributed by atoms with Crippen LogP contribution >= 0.6 is 11.8 Å². The molecule has 2 heterocycles. The fraction of sp³-hybridized carbons (Fsp3) is 0.583. The van der Waals surface area contributed by atoms with Gasteiger partial charge in [0.1, 0.15) is 5.82 Å². The summed E-state index contributed by atoms with van der Waals surface area (Å²) in [7, 11) is 0. The monoisotopic (exact) mass is 237 g/mol. The lowest BCUT2D eigenvalue weighted by Gasteiger charge is -2.38. The van der Waals surface area contributed by atoms with Crippen LogP contribution in [0, 0.1) is 0 Å². The smallest absolute Gasteiger partial charge is 0.133 e. The Morgan fingerprint density at radius 1 is 1.56 bits per heavy atom. The predicted octanol–water partition coefficient (Wildman–Crippen LogP) is 1.87. The zero-order chi connectivity index (χ0) is 11.6. The molecule has 2 N–H and O–H groups in total. The second kappa shape index (κ2) is 4.63. The summed E-state index contributed by atoms with van der Waals surface area (Å²) in [5, 5.41) is 0. The van der Waals surface area contributed by atoms with E-state index >= 15 is 0 Å². The summed E-state index contributed by atoms with van der Waals surface area (Å²) < 4.78 is 0.307. The molecule has 1 aromatic heterocycles. The highest BCUT2D eigenvalue weighted by Gasteiger charge is 2.28. The average Bonchev–Trinajstić information content (AvgIpc) is 2.27. The number of thioether (sulfide) groups is 1. The average molecular weight is 237 g/mol. The first kappa shape index (κ1) is 11.7. The van der Waals surface area contributed by atoms with Gasteiger partial charge in [0.15, 0.2) is 0 Å². The van der Waals surface area contributed by atoms with Gasteiger partial charge < -0.3 is 10.6 Å². The molecule has 0 aliphatic carbocycles.